The number of halogens is 4. The number of carbonyl (C=O) groups excluding carboxylic acids is 1. The molecule has 0 radical (unpaired) electrons. The first-order valence-electron chi connectivity index (χ1n) is 9.29. The number of carbonyl (C=O) groups is 1. The number of hydrogen-bond acceptors (Lipinski definition) is 6. The van der Waals surface area contributed by atoms with Gasteiger partial charge in [-0.05, 0) is 19.1 Å². The predicted octanol–water partition coefficient (Wildman–Crippen LogP) is 1.90. The molecule has 1 heterocycles. The average molecular weight is 490 g/mol. The van der Waals surface area contributed by atoms with Crippen LogP contribution in [0.25, 0.3) is 5.69 Å². The second-order valence-electron chi connectivity index (χ2n) is 7.13. The van der Waals surface area contributed by atoms with Crippen molar-refractivity contribution in [3.05, 3.63) is 56.1 Å². The highest BCUT2D eigenvalue weighted by Crippen LogP contribution is 2.30. The average Bonchev–Trinajstić information content (AvgIpc) is 2.71. The Morgan fingerprint density at radius 2 is 1.79 bits per heavy atom. The maximum atomic E-state index is 14.8. The number of alkyl halides is 3. The van der Waals surface area contributed by atoms with E-state index >= 15 is 0 Å². The molecule has 0 unspecified atom stereocenters. The van der Waals surface area contributed by atoms with Crippen molar-refractivity contribution in [3.63, 3.8) is 0 Å². The van der Waals surface area contributed by atoms with Crippen LogP contribution in [-0.2, 0) is 28.0 Å². The van der Waals surface area contributed by atoms with E-state index in [0.717, 1.165) is 0 Å². The SMILES string of the molecule is CCS(=O)(=O)N(C(=O)C(C)C)c1cc(-n2c(=O)cc(C(F)(F)F)n(C)c2=O)c(F)cc1C#N. The van der Waals surface area contributed by atoms with Crippen molar-refractivity contribution in [1.82, 2.24) is 9.13 Å². The van der Waals surface area contributed by atoms with Crippen LogP contribution in [0, 0.1) is 23.1 Å². The quantitative estimate of drug-likeness (QED) is 0.590. The van der Waals surface area contributed by atoms with Crippen LogP contribution in [0.4, 0.5) is 23.2 Å². The highest BCUT2D eigenvalue weighted by molar-refractivity contribution is 7.93. The summed E-state index contributed by atoms with van der Waals surface area (Å²) in [6, 6.07) is 2.69. The van der Waals surface area contributed by atoms with E-state index in [9.17, 15) is 45.6 Å². The van der Waals surface area contributed by atoms with Crippen molar-refractivity contribution in [2.75, 3.05) is 10.1 Å². The molecule has 1 aromatic heterocycles. The van der Waals surface area contributed by atoms with Crippen molar-refractivity contribution in [2.24, 2.45) is 13.0 Å². The van der Waals surface area contributed by atoms with Gasteiger partial charge in [-0.1, -0.05) is 13.8 Å². The molecule has 0 saturated heterocycles. The molecule has 0 aliphatic carbocycles. The molecule has 2 aromatic rings. The van der Waals surface area contributed by atoms with Gasteiger partial charge in [-0.15, -0.1) is 0 Å². The molecule has 0 atom stereocenters. The summed E-state index contributed by atoms with van der Waals surface area (Å²) in [7, 11) is -3.66. The normalized spacial score (nSPS) is 12.0. The van der Waals surface area contributed by atoms with Crippen LogP contribution in [0.1, 0.15) is 32.0 Å². The van der Waals surface area contributed by atoms with Crippen LogP contribution in [0.15, 0.2) is 27.8 Å². The molecule has 1 aromatic carbocycles. The summed E-state index contributed by atoms with van der Waals surface area (Å²) < 4.78 is 79.7. The third-order valence-electron chi connectivity index (χ3n) is 4.59. The Labute approximate surface area is 185 Å². The first-order chi connectivity index (χ1) is 15.1. The fourth-order valence-electron chi connectivity index (χ4n) is 2.87. The van der Waals surface area contributed by atoms with Crippen molar-refractivity contribution < 1.29 is 30.8 Å². The fourth-order valence-corrected chi connectivity index (χ4v) is 4.06. The number of hydrogen-bond donors (Lipinski definition) is 0. The lowest BCUT2D eigenvalue weighted by Crippen LogP contribution is -2.42. The van der Waals surface area contributed by atoms with Gasteiger partial charge in [0.25, 0.3) is 5.56 Å². The predicted molar refractivity (Wildman–Crippen MR) is 109 cm³/mol. The first-order valence-corrected chi connectivity index (χ1v) is 10.9. The van der Waals surface area contributed by atoms with E-state index in [-0.39, 0.29) is 19.5 Å². The Morgan fingerprint density at radius 1 is 1.21 bits per heavy atom. The van der Waals surface area contributed by atoms with E-state index in [1.165, 1.54) is 26.8 Å². The molecule has 14 heteroatoms. The standard InChI is InChI=1S/C19H18F4N4O5S/c1-5-33(31,32)27(17(29)10(2)3)13-7-14(12(20)6-11(13)9-24)26-16(28)8-15(19(21,22)23)25(4)18(26)30/h6-8,10H,5H2,1-4H3. The summed E-state index contributed by atoms with van der Waals surface area (Å²) in [5.74, 6) is -3.85. The smallest absolute Gasteiger partial charge is 0.292 e. The maximum Gasteiger partial charge on any atom is 0.431 e. The van der Waals surface area contributed by atoms with Gasteiger partial charge in [0, 0.05) is 19.0 Å². The summed E-state index contributed by atoms with van der Waals surface area (Å²) in [6.45, 7) is 3.95. The molecule has 0 saturated carbocycles. The Bertz CT molecular complexity index is 1390. The van der Waals surface area contributed by atoms with E-state index in [4.69, 9.17) is 0 Å². The number of rotatable bonds is 5. The summed E-state index contributed by atoms with van der Waals surface area (Å²) in [6.07, 6.45) is -5.06. The third-order valence-corrected chi connectivity index (χ3v) is 6.26. The van der Waals surface area contributed by atoms with Gasteiger partial charge < -0.3 is 0 Å². The van der Waals surface area contributed by atoms with Gasteiger partial charge in [-0.3, -0.25) is 14.2 Å². The van der Waals surface area contributed by atoms with Crippen LogP contribution >= 0.6 is 0 Å². The molecule has 1 amide bonds. The summed E-state index contributed by atoms with van der Waals surface area (Å²) >= 11 is 0. The Balaban J connectivity index is 3.00. The van der Waals surface area contributed by atoms with Crippen LogP contribution < -0.4 is 15.6 Å². The Hall–Kier alpha value is -3.47. The van der Waals surface area contributed by atoms with Gasteiger partial charge in [0.05, 0.1) is 22.7 Å². The minimum absolute atomic E-state index is 0.0474. The number of sulfonamides is 1. The molecule has 0 spiro atoms. The van der Waals surface area contributed by atoms with Gasteiger partial charge in [0.2, 0.25) is 15.9 Å². The first kappa shape index (κ1) is 25.8. The zero-order valence-electron chi connectivity index (χ0n) is 17.8. The Kier molecular flexibility index (Phi) is 6.89. The van der Waals surface area contributed by atoms with Crippen LogP contribution in [0.2, 0.25) is 0 Å². The minimum Gasteiger partial charge on any atom is -0.292 e. The molecular weight excluding hydrogens is 472 g/mol. The zero-order chi connectivity index (χ0) is 25.5. The molecule has 33 heavy (non-hydrogen) atoms. The molecule has 0 bridgehead atoms. The molecule has 0 N–H and O–H groups in total. The van der Waals surface area contributed by atoms with Gasteiger partial charge in [0.1, 0.15) is 17.6 Å². The number of nitriles is 1. The zero-order valence-corrected chi connectivity index (χ0v) is 18.6. The Morgan fingerprint density at radius 3 is 2.24 bits per heavy atom. The molecule has 178 valence electrons. The van der Waals surface area contributed by atoms with E-state index in [0.29, 0.717) is 19.2 Å². The molecular formula is C19H18F4N4O5S. The van der Waals surface area contributed by atoms with Crippen LogP contribution in [-0.4, -0.2) is 29.2 Å². The topological polar surface area (TPSA) is 122 Å². The monoisotopic (exact) mass is 490 g/mol. The highest BCUT2D eigenvalue weighted by Gasteiger charge is 2.36. The second kappa shape index (κ2) is 8.81. The summed E-state index contributed by atoms with van der Waals surface area (Å²) in [5.41, 5.74) is -6.92. The van der Waals surface area contributed by atoms with Gasteiger partial charge >= 0.3 is 11.9 Å². The minimum atomic E-state index is -5.06. The van der Waals surface area contributed by atoms with Crippen molar-refractivity contribution >= 4 is 21.6 Å². The lowest BCUT2D eigenvalue weighted by atomic mass is 10.1. The maximum absolute atomic E-state index is 14.8. The molecule has 9 nitrogen and oxygen atoms in total. The van der Waals surface area contributed by atoms with E-state index in [2.05, 4.69) is 0 Å². The van der Waals surface area contributed by atoms with Crippen LogP contribution in [0.5, 0.6) is 0 Å². The van der Waals surface area contributed by atoms with Crippen molar-refractivity contribution in [2.45, 2.75) is 26.9 Å². The fraction of sp³-hybridized carbons (Fsp3) is 0.368. The number of anilines is 1. The number of benzene rings is 1. The largest absolute Gasteiger partial charge is 0.431 e. The second-order valence-corrected chi connectivity index (χ2v) is 9.24. The summed E-state index contributed by atoms with van der Waals surface area (Å²) in [5, 5.41) is 9.38. The lowest BCUT2D eigenvalue weighted by Gasteiger charge is -2.25. The van der Waals surface area contributed by atoms with Gasteiger partial charge in [-0.25, -0.2) is 26.5 Å². The molecule has 0 aliphatic rings. The van der Waals surface area contributed by atoms with Gasteiger partial charge in [0.15, 0.2) is 0 Å². The van der Waals surface area contributed by atoms with E-state index in [1.807, 2.05) is 0 Å². The number of aromatic nitrogens is 2. The van der Waals surface area contributed by atoms with Crippen molar-refractivity contribution in [1.29, 1.82) is 5.26 Å². The number of amides is 1. The van der Waals surface area contributed by atoms with Crippen LogP contribution in [0.3, 0.4) is 0 Å². The molecule has 0 aliphatic heterocycles. The van der Waals surface area contributed by atoms with E-state index in [1.54, 1.807) is 0 Å². The highest BCUT2D eigenvalue weighted by atomic mass is 32.2. The lowest BCUT2D eigenvalue weighted by molar-refractivity contribution is -0.144. The molecule has 2 rings (SSSR count). The van der Waals surface area contributed by atoms with Gasteiger partial charge in [-0.2, -0.15) is 18.4 Å². The third kappa shape index (κ3) is 4.68. The number of nitrogens with zero attached hydrogens (tertiary/aromatic N) is 4. The van der Waals surface area contributed by atoms with Crippen molar-refractivity contribution in [3.8, 4) is 11.8 Å². The van der Waals surface area contributed by atoms with E-state index < -0.39 is 73.5 Å². The molecule has 0 fully saturated rings. The summed E-state index contributed by atoms with van der Waals surface area (Å²) in [4.78, 5) is 37.6.